The van der Waals surface area contributed by atoms with E-state index in [2.05, 4.69) is 33.0 Å². The van der Waals surface area contributed by atoms with Gasteiger partial charge in [-0.05, 0) is 38.5 Å². The molecule has 0 N–H and O–H groups in total. The molecule has 1 aliphatic rings. The van der Waals surface area contributed by atoms with Gasteiger partial charge < -0.3 is 4.90 Å². The minimum atomic E-state index is -0.376. The molecule has 2 rings (SSSR count). The molecule has 0 spiro atoms. The molecule has 86 valence electrons. The van der Waals surface area contributed by atoms with Crippen molar-refractivity contribution < 1.29 is 4.79 Å². The summed E-state index contributed by atoms with van der Waals surface area (Å²) in [6.45, 7) is 4.97. The minimum absolute atomic E-state index is 0.332. The average molecular weight is 282 g/mol. The van der Waals surface area contributed by atoms with Gasteiger partial charge in [-0.25, -0.2) is 0 Å². The van der Waals surface area contributed by atoms with Crippen LogP contribution in [-0.2, 0) is 4.79 Å². The number of piperidine rings is 1. The first-order valence-electron chi connectivity index (χ1n) is 5.58. The van der Waals surface area contributed by atoms with Crippen LogP contribution < -0.4 is 4.90 Å². The number of halogens is 1. The van der Waals surface area contributed by atoms with Gasteiger partial charge in [-0.15, -0.1) is 0 Å². The molecule has 2 nitrogen and oxygen atoms in total. The number of rotatable bonds is 1. The lowest BCUT2D eigenvalue weighted by Gasteiger charge is -2.42. The highest BCUT2D eigenvalue weighted by atomic mass is 79.9. The van der Waals surface area contributed by atoms with Crippen LogP contribution in [0.1, 0.15) is 26.7 Å². The molecule has 0 amide bonds. The first-order valence-corrected chi connectivity index (χ1v) is 6.37. The number of Topliss-reactive ketones (excluding diaryl/α,β-unsaturated/α-hetero) is 1. The second-order valence-corrected chi connectivity index (χ2v) is 5.63. The molecule has 1 heterocycles. The number of carbonyl (C=O) groups is 1. The van der Waals surface area contributed by atoms with Gasteiger partial charge in [-0.3, -0.25) is 4.79 Å². The van der Waals surface area contributed by atoms with Gasteiger partial charge in [-0.2, -0.15) is 0 Å². The van der Waals surface area contributed by atoms with Crippen LogP contribution in [-0.4, -0.2) is 17.9 Å². The van der Waals surface area contributed by atoms with Gasteiger partial charge in [0.15, 0.2) is 5.78 Å². The smallest absolute Gasteiger partial charge is 0.157 e. The Kier molecular flexibility index (Phi) is 3.06. The largest absolute Gasteiger partial charge is 0.359 e. The van der Waals surface area contributed by atoms with Crippen molar-refractivity contribution in [3.63, 3.8) is 0 Å². The van der Waals surface area contributed by atoms with E-state index in [0.29, 0.717) is 12.2 Å². The van der Waals surface area contributed by atoms with Crippen LogP contribution in [0.5, 0.6) is 0 Å². The summed E-state index contributed by atoms with van der Waals surface area (Å²) in [5, 5.41) is 0. The zero-order valence-corrected chi connectivity index (χ0v) is 11.3. The highest BCUT2D eigenvalue weighted by molar-refractivity contribution is 9.10. The zero-order chi connectivity index (χ0) is 11.8. The fourth-order valence-electron chi connectivity index (χ4n) is 2.23. The number of ketones is 1. The third kappa shape index (κ3) is 2.01. The van der Waals surface area contributed by atoms with Gasteiger partial charge in [0.1, 0.15) is 0 Å². The molecular formula is C13H16BrNO. The maximum absolute atomic E-state index is 11.9. The lowest BCUT2D eigenvalue weighted by Crippen LogP contribution is -2.54. The van der Waals surface area contributed by atoms with E-state index in [4.69, 9.17) is 0 Å². The number of nitrogens with zero attached hydrogens (tertiary/aromatic N) is 1. The Morgan fingerprint density at radius 1 is 1.38 bits per heavy atom. The summed E-state index contributed by atoms with van der Waals surface area (Å²) >= 11 is 3.47. The third-order valence-corrected chi connectivity index (χ3v) is 3.76. The Bertz CT molecular complexity index is 414. The molecule has 0 radical (unpaired) electrons. The second-order valence-electron chi connectivity index (χ2n) is 4.72. The van der Waals surface area contributed by atoms with Crippen molar-refractivity contribution in [2.24, 2.45) is 0 Å². The summed E-state index contributed by atoms with van der Waals surface area (Å²) < 4.78 is 1.05. The van der Waals surface area contributed by atoms with Crippen molar-refractivity contribution in [2.75, 3.05) is 11.4 Å². The topological polar surface area (TPSA) is 20.3 Å². The molecule has 0 bridgehead atoms. The van der Waals surface area contributed by atoms with E-state index in [1.807, 2.05) is 26.0 Å². The summed E-state index contributed by atoms with van der Waals surface area (Å²) in [7, 11) is 0. The molecule has 0 aliphatic carbocycles. The molecule has 16 heavy (non-hydrogen) atoms. The van der Waals surface area contributed by atoms with Crippen LogP contribution in [0, 0.1) is 0 Å². The fourth-order valence-corrected chi connectivity index (χ4v) is 2.62. The highest BCUT2D eigenvalue weighted by Gasteiger charge is 2.37. The quantitative estimate of drug-likeness (QED) is 0.787. The van der Waals surface area contributed by atoms with Gasteiger partial charge in [0.2, 0.25) is 0 Å². The van der Waals surface area contributed by atoms with E-state index in [1.165, 1.54) is 0 Å². The summed E-state index contributed by atoms with van der Waals surface area (Å²) in [6.07, 6.45) is 1.66. The lowest BCUT2D eigenvalue weighted by molar-refractivity contribution is -0.124. The highest BCUT2D eigenvalue weighted by Crippen LogP contribution is 2.31. The SMILES string of the molecule is CC1(C)C(=O)CCCN1c1cccc(Br)c1. The second kappa shape index (κ2) is 4.21. The maximum Gasteiger partial charge on any atom is 0.157 e. The molecule has 3 heteroatoms. The van der Waals surface area contributed by atoms with Gasteiger partial charge in [0, 0.05) is 23.1 Å². The van der Waals surface area contributed by atoms with Gasteiger partial charge >= 0.3 is 0 Å². The molecule has 1 aromatic rings. The Balaban J connectivity index is 2.36. The molecule has 1 saturated heterocycles. The van der Waals surface area contributed by atoms with Crippen LogP contribution in [0.2, 0.25) is 0 Å². The number of carbonyl (C=O) groups excluding carboxylic acids is 1. The van der Waals surface area contributed by atoms with Crippen molar-refractivity contribution in [3.05, 3.63) is 28.7 Å². The summed E-state index contributed by atoms with van der Waals surface area (Å²) in [4.78, 5) is 14.1. The maximum atomic E-state index is 11.9. The monoisotopic (exact) mass is 281 g/mol. The number of anilines is 1. The van der Waals surface area contributed by atoms with Crippen LogP contribution >= 0.6 is 15.9 Å². The van der Waals surface area contributed by atoms with E-state index in [-0.39, 0.29) is 5.54 Å². The first-order chi connectivity index (χ1) is 7.51. The average Bonchev–Trinajstić information content (AvgIpc) is 2.22. The Morgan fingerprint density at radius 2 is 2.12 bits per heavy atom. The first kappa shape index (κ1) is 11.6. The summed E-state index contributed by atoms with van der Waals surface area (Å²) in [5.74, 6) is 0.332. The molecule has 1 aliphatic heterocycles. The Morgan fingerprint density at radius 3 is 2.81 bits per heavy atom. The van der Waals surface area contributed by atoms with Crippen LogP contribution in [0.25, 0.3) is 0 Å². The number of benzene rings is 1. The molecule has 0 saturated carbocycles. The Hall–Kier alpha value is -0.830. The third-order valence-electron chi connectivity index (χ3n) is 3.26. The van der Waals surface area contributed by atoms with Crippen LogP contribution in [0.3, 0.4) is 0 Å². The molecule has 1 aromatic carbocycles. The van der Waals surface area contributed by atoms with Gasteiger partial charge in [0.25, 0.3) is 0 Å². The predicted molar refractivity (Wildman–Crippen MR) is 69.8 cm³/mol. The van der Waals surface area contributed by atoms with E-state index >= 15 is 0 Å². The van der Waals surface area contributed by atoms with E-state index in [9.17, 15) is 4.79 Å². The zero-order valence-electron chi connectivity index (χ0n) is 9.66. The number of hydrogen-bond acceptors (Lipinski definition) is 2. The lowest BCUT2D eigenvalue weighted by atomic mass is 9.88. The normalized spacial score (nSPS) is 19.9. The van der Waals surface area contributed by atoms with E-state index < -0.39 is 0 Å². The molecule has 0 aromatic heterocycles. The van der Waals surface area contributed by atoms with Crippen LogP contribution in [0.4, 0.5) is 5.69 Å². The number of hydrogen-bond donors (Lipinski definition) is 0. The Labute approximate surface area is 105 Å². The van der Waals surface area contributed by atoms with Gasteiger partial charge in [0.05, 0.1) is 5.54 Å². The minimum Gasteiger partial charge on any atom is -0.359 e. The standard InChI is InChI=1S/C13H16BrNO/c1-13(2)12(16)7-4-8-15(13)11-6-3-5-10(14)9-11/h3,5-6,9H,4,7-8H2,1-2H3. The van der Waals surface area contributed by atoms with Crippen molar-refractivity contribution in [3.8, 4) is 0 Å². The van der Waals surface area contributed by atoms with Crippen LogP contribution in [0.15, 0.2) is 28.7 Å². The van der Waals surface area contributed by atoms with E-state index in [0.717, 1.165) is 23.1 Å². The predicted octanol–water partition coefficient (Wildman–Crippen LogP) is 3.40. The van der Waals surface area contributed by atoms with Crippen molar-refractivity contribution in [2.45, 2.75) is 32.2 Å². The molecule has 1 fully saturated rings. The van der Waals surface area contributed by atoms with Crippen molar-refractivity contribution in [1.82, 2.24) is 0 Å². The van der Waals surface area contributed by atoms with Gasteiger partial charge in [-0.1, -0.05) is 22.0 Å². The van der Waals surface area contributed by atoms with E-state index in [1.54, 1.807) is 0 Å². The summed E-state index contributed by atoms with van der Waals surface area (Å²) in [6, 6.07) is 8.14. The fraction of sp³-hybridized carbons (Fsp3) is 0.462. The molecular weight excluding hydrogens is 266 g/mol. The summed E-state index contributed by atoms with van der Waals surface area (Å²) in [5.41, 5.74) is 0.742. The molecule has 0 atom stereocenters. The van der Waals surface area contributed by atoms with Crippen molar-refractivity contribution >= 4 is 27.4 Å². The molecule has 0 unspecified atom stereocenters. The van der Waals surface area contributed by atoms with Crippen molar-refractivity contribution in [1.29, 1.82) is 0 Å².